The van der Waals surface area contributed by atoms with Crippen LogP contribution in [0.15, 0.2) is 52.9 Å². The van der Waals surface area contributed by atoms with Crippen molar-refractivity contribution < 1.29 is 9.52 Å². The number of hydrogen-bond donors (Lipinski definition) is 2. The van der Waals surface area contributed by atoms with Crippen LogP contribution in [-0.4, -0.2) is 18.3 Å². The number of hydrogen-bond acceptors (Lipinski definition) is 3. The second kappa shape index (κ2) is 6.97. The summed E-state index contributed by atoms with van der Waals surface area (Å²) in [5.41, 5.74) is 3.17. The molecule has 2 aromatic carbocycles. The minimum atomic E-state index is 0.146. The lowest BCUT2D eigenvalue weighted by Crippen LogP contribution is -2.17. The highest BCUT2D eigenvalue weighted by atomic mass is 35.5. The Morgan fingerprint density at radius 2 is 1.95 bits per heavy atom. The molecule has 3 nitrogen and oxygen atoms in total. The zero-order chi connectivity index (χ0) is 15.4. The number of aliphatic hydroxyl groups is 1. The van der Waals surface area contributed by atoms with Crippen LogP contribution in [0.2, 0.25) is 5.02 Å². The maximum Gasteiger partial charge on any atom is 0.134 e. The van der Waals surface area contributed by atoms with Gasteiger partial charge in [-0.15, -0.1) is 0 Å². The van der Waals surface area contributed by atoms with E-state index >= 15 is 0 Å². The molecule has 0 bridgehead atoms. The van der Waals surface area contributed by atoms with Gasteiger partial charge in [0.2, 0.25) is 0 Å². The summed E-state index contributed by atoms with van der Waals surface area (Å²) >= 11 is 6.02. The van der Waals surface area contributed by atoms with Gasteiger partial charge >= 0.3 is 0 Å². The topological polar surface area (TPSA) is 45.4 Å². The summed E-state index contributed by atoms with van der Waals surface area (Å²) < 4.78 is 5.94. The Morgan fingerprint density at radius 3 is 2.77 bits per heavy atom. The SMILES string of the molecule is OCCNCc1ccc2cc(Cc3cccc(Cl)c3)oc2c1. The third kappa shape index (κ3) is 3.69. The van der Waals surface area contributed by atoms with E-state index < -0.39 is 0 Å². The molecule has 1 heterocycles. The molecule has 0 amide bonds. The van der Waals surface area contributed by atoms with Gasteiger partial charge in [-0.25, -0.2) is 0 Å². The average Bonchev–Trinajstić information content (AvgIpc) is 2.89. The summed E-state index contributed by atoms with van der Waals surface area (Å²) in [5.74, 6) is 0.928. The van der Waals surface area contributed by atoms with E-state index in [9.17, 15) is 0 Å². The number of benzene rings is 2. The zero-order valence-corrected chi connectivity index (χ0v) is 12.9. The van der Waals surface area contributed by atoms with Crippen molar-refractivity contribution in [2.24, 2.45) is 0 Å². The van der Waals surface area contributed by atoms with Gasteiger partial charge in [0.1, 0.15) is 11.3 Å². The third-order valence-corrected chi connectivity index (χ3v) is 3.76. The molecule has 1 aromatic heterocycles. The molecule has 4 heteroatoms. The Kier molecular flexibility index (Phi) is 4.78. The first kappa shape index (κ1) is 15.1. The monoisotopic (exact) mass is 315 g/mol. The first-order chi connectivity index (χ1) is 10.7. The van der Waals surface area contributed by atoms with Crippen molar-refractivity contribution in [1.82, 2.24) is 5.32 Å². The van der Waals surface area contributed by atoms with Crippen molar-refractivity contribution in [2.75, 3.05) is 13.2 Å². The lowest BCUT2D eigenvalue weighted by atomic mass is 10.1. The van der Waals surface area contributed by atoms with E-state index in [2.05, 4.69) is 23.5 Å². The van der Waals surface area contributed by atoms with Gasteiger partial charge in [-0.1, -0.05) is 35.9 Å². The minimum absolute atomic E-state index is 0.146. The van der Waals surface area contributed by atoms with Crippen LogP contribution in [0.1, 0.15) is 16.9 Å². The van der Waals surface area contributed by atoms with Crippen LogP contribution >= 0.6 is 11.6 Å². The van der Waals surface area contributed by atoms with Gasteiger partial charge in [0.15, 0.2) is 0 Å². The van der Waals surface area contributed by atoms with Gasteiger partial charge in [0, 0.05) is 29.9 Å². The maximum absolute atomic E-state index is 8.79. The molecule has 0 aliphatic rings. The number of aliphatic hydroxyl groups excluding tert-OH is 1. The van der Waals surface area contributed by atoms with Crippen LogP contribution in [-0.2, 0) is 13.0 Å². The van der Waals surface area contributed by atoms with Crippen LogP contribution in [0.25, 0.3) is 11.0 Å². The summed E-state index contributed by atoms with van der Waals surface area (Å²) in [6.07, 6.45) is 0.729. The first-order valence-corrected chi connectivity index (χ1v) is 7.70. The predicted octanol–water partition coefficient (Wildman–Crippen LogP) is 3.76. The van der Waals surface area contributed by atoms with Crippen molar-refractivity contribution in [3.8, 4) is 0 Å². The normalized spacial score (nSPS) is 11.2. The molecule has 0 radical (unpaired) electrons. The fourth-order valence-electron chi connectivity index (χ4n) is 2.49. The molecule has 0 atom stereocenters. The Hall–Kier alpha value is -1.81. The van der Waals surface area contributed by atoms with E-state index in [-0.39, 0.29) is 6.61 Å². The number of nitrogens with one attached hydrogen (secondary N) is 1. The molecule has 0 aliphatic heterocycles. The van der Waals surface area contributed by atoms with Gasteiger partial charge in [-0.05, 0) is 35.4 Å². The second-order valence-electron chi connectivity index (χ2n) is 5.29. The van der Waals surface area contributed by atoms with Crippen molar-refractivity contribution in [2.45, 2.75) is 13.0 Å². The van der Waals surface area contributed by atoms with Crippen molar-refractivity contribution in [1.29, 1.82) is 0 Å². The van der Waals surface area contributed by atoms with Gasteiger partial charge in [-0.3, -0.25) is 0 Å². The summed E-state index contributed by atoms with van der Waals surface area (Å²) in [5, 5.41) is 13.8. The van der Waals surface area contributed by atoms with E-state index in [1.54, 1.807) is 0 Å². The average molecular weight is 316 g/mol. The maximum atomic E-state index is 8.79. The lowest BCUT2D eigenvalue weighted by Gasteiger charge is -2.02. The molecule has 0 saturated heterocycles. The largest absolute Gasteiger partial charge is 0.461 e. The number of rotatable bonds is 6. The van der Waals surface area contributed by atoms with E-state index in [4.69, 9.17) is 21.1 Å². The van der Waals surface area contributed by atoms with E-state index in [0.717, 1.165) is 45.8 Å². The van der Waals surface area contributed by atoms with Gasteiger partial charge in [0.25, 0.3) is 0 Å². The van der Waals surface area contributed by atoms with Gasteiger partial charge in [-0.2, -0.15) is 0 Å². The van der Waals surface area contributed by atoms with Gasteiger partial charge in [0.05, 0.1) is 6.61 Å². The standard InChI is InChI=1S/C18H18ClNO2/c19-16-3-1-2-13(8-16)9-17-11-15-5-4-14(10-18(15)22-17)12-20-6-7-21/h1-5,8,10-11,20-21H,6-7,9,12H2. The summed E-state index contributed by atoms with van der Waals surface area (Å²) in [7, 11) is 0. The van der Waals surface area contributed by atoms with Crippen molar-refractivity contribution in [3.63, 3.8) is 0 Å². The zero-order valence-electron chi connectivity index (χ0n) is 12.2. The minimum Gasteiger partial charge on any atom is -0.461 e. The highest BCUT2D eigenvalue weighted by Gasteiger charge is 2.06. The predicted molar refractivity (Wildman–Crippen MR) is 89.3 cm³/mol. The quantitative estimate of drug-likeness (QED) is 0.681. The Bertz CT molecular complexity index is 767. The highest BCUT2D eigenvalue weighted by molar-refractivity contribution is 6.30. The fraction of sp³-hybridized carbons (Fsp3) is 0.222. The molecule has 3 rings (SSSR count). The van der Waals surface area contributed by atoms with E-state index in [1.165, 1.54) is 0 Å². The highest BCUT2D eigenvalue weighted by Crippen LogP contribution is 2.23. The molecular formula is C18H18ClNO2. The third-order valence-electron chi connectivity index (χ3n) is 3.52. The van der Waals surface area contributed by atoms with Crippen LogP contribution in [0.4, 0.5) is 0 Å². The molecular weight excluding hydrogens is 298 g/mol. The number of fused-ring (bicyclic) bond motifs is 1. The Balaban J connectivity index is 1.77. The van der Waals surface area contributed by atoms with Crippen LogP contribution < -0.4 is 5.32 Å². The number of halogens is 1. The molecule has 0 spiro atoms. The summed E-state index contributed by atoms with van der Waals surface area (Å²) in [6, 6.07) is 16.1. The van der Waals surface area contributed by atoms with E-state index in [1.807, 2.05) is 30.3 Å². The molecule has 22 heavy (non-hydrogen) atoms. The second-order valence-corrected chi connectivity index (χ2v) is 5.73. The van der Waals surface area contributed by atoms with Crippen LogP contribution in [0, 0.1) is 0 Å². The molecule has 3 aromatic rings. The number of furan rings is 1. The van der Waals surface area contributed by atoms with E-state index in [0.29, 0.717) is 6.54 Å². The molecule has 0 aliphatic carbocycles. The molecule has 0 fully saturated rings. The Morgan fingerprint density at radius 1 is 1.05 bits per heavy atom. The smallest absolute Gasteiger partial charge is 0.134 e. The van der Waals surface area contributed by atoms with Crippen molar-refractivity contribution >= 4 is 22.6 Å². The molecule has 114 valence electrons. The first-order valence-electron chi connectivity index (χ1n) is 7.32. The van der Waals surface area contributed by atoms with Crippen molar-refractivity contribution in [3.05, 3.63) is 70.4 Å². The lowest BCUT2D eigenvalue weighted by molar-refractivity contribution is 0.292. The fourth-order valence-corrected chi connectivity index (χ4v) is 2.70. The Labute approximate surface area is 134 Å². The summed E-state index contributed by atoms with van der Waals surface area (Å²) in [4.78, 5) is 0. The molecule has 0 unspecified atom stereocenters. The summed E-state index contributed by atoms with van der Waals surface area (Å²) in [6.45, 7) is 1.46. The van der Waals surface area contributed by atoms with Crippen LogP contribution in [0.3, 0.4) is 0 Å². The van der Waals surface area contributed by atoms with Crippen LogP contribution in [0.5, 0.6) is 0 Å². The molecule has 2 N–H and O–H groups in total. The van der Waals surface area contributed by atoms with Gasteiger partial charge < -0.3 is 14.8 Å². The molecule has 0 saturated carbocycles.